The van der Waals surface area contributed by atoms with Crippen LogP contribution >= 0.6 is 0 Å². The molecule has 0 bridgehead atoms. The summed E-state index contributed by atoms with van der Waals surface area (Å²) in [5.41, 5.74) is 2.90. The van der Waals surface area contributed by atoms with Gasteiger partial charge in [0.15, 0.2) is 17.3 Å². The van der Waals surface area contributed by atoms with E-state index >= 15 is 0 Å². The molecule has 254 valence electrons. The fourth-order valence-electron chi connectivity index (χ4n) is 5.96. The molecule has 0 radical (unpaired) electrons. The first-order chi connectivity index (χ1) is 23.2. The van der Waals surface area contributed by atoms with Crippen molar-refractivity contribution in [2.75, 3.05) is 33.2 Å². The van der Waals surface area contributed by atoms with Crippen LogP contribution in [0.3, 0.4) is 0 Å². The molecule has 2 heterocycles. The van der Waals surface area contributed by atoms with Crippen LogP contribution in [0.5, 0.6) is 17.2 Å². The van der Waals surface area contributed by atoms with Crippen LogP contribution in [0.1, 0.15) is 56.7 Å². The van der Waals surface area contributed by atoms with E-state index in [-0.39, 0.29) is 35.4 Å². The van der Waals surface area contributed by atoms with E-state index in [0.29, 0.717) is 71.5 Å². The number of benzene rings is 1. The number of furan rings is 1. The predicted octanol–water partition coefficient (Wildman–Crippen LogP) is 4.69. The van der Waals surface area contributed by atoms with Crippen LogP contribution in [0.15, 0.2) is 56.4 Å². The maximum atomic E-state index is 13.9. The third-order valence-electron chi connectivity index (χ3n) is 8.57. The number of anilines is 1. The molecule has 1 aliphatic carbocycles. The zero-order valence-electron chi connectivity index (χ0n) is 28.0. The zero-order valence-corrected chi connectivity index (χ0v) is 28.0. The van der Waals surface area contributed by atoms with Gasteiger partial charge >= 0.3 is 0 Å². The molecular formula is C35H41N5O8. The first-order valence-electron chi connectivity index (χ1n) is 15.9. The lowest BCUT2D eigenvalue weighted by atomic mass is 9.95. The highest BCUT2D eigenvalue weighted by Crippen LogP contribution is 2.50. The molecule has 0 spiro atoms. The summed E-state index contributed by atoms with van der Waals surface area (Å²) in [5.74, 6) is 1.95. The van der Waals surface area contributed by atoms with Gasteiger partial charge in [0.1, 0.15) is 6.04 Å². The van der Waals surface area contributed by atoms with Crippen LogP contribution in [-0.4, -0.2) is 55.9 Å². The number of methoxy groups -OCH3 is 3. The standard InChI is InChI=1S/C35H41N5O8/c1-7-19(2)31(35(43)36-15-14-29-39-34(40-48-29)27-9-8-16-47-27)38-25-13-11-22-23(18-26(25)42)24(37-20(3)41)12-10-21-17-28(44-4)32(45-5)33(46-6)30(21)22/h8-9,11,13,16-19,24,31H,7,10,12,14-15H2,1-6H3,(H,36,43)(H,37,41)(H,38,42)/t19-,24+,31+/m1/s1. The highest BCUT2D eigenvalue weighted by Gasteiger charge is 2.30. The summed E-state index contributed by atoms with van der Waals surface area (Å²) in [6.07, 6.45) is 3.63. The Labute approximate surface area is 278 Å². The van der Waals surface area contributed by atoms with Crippen molar-refractivity contribution in [1.82, 2.24) is 20.8 Å². The van der Waals surface area contributed by atoms with Crippen LogP contribution in [-0.2, 0) is 22.4 Å². The lowest BCUT2D eigenvalue weighted by molar-refractivity contribution is -0.123. The van der Waals surface area contributed by atoms with Gasteiger partial charge in [-0.2, -0.15) is 4.98 Å². The molecule has 0 saturated heterocycles. The minimum atomic E-state index is -0.719. The summed E-state index contributed by atoms with van der Waals surface area (Å²) in [5, 5.41) is 13.1. The third kappa shape index (κ3) is 7.14. The van der Waals surface area contributed by atoms with E-state index in [1.807, 2.05) is 26.0 Å². The Bertz CT molecular complexity index is 1820. The van der Waals surface area contributed by atoms with Gasteiger partial charge < -0.3 is 39.1 Å². The third-order valence-corrected chi connectivity index (χ3v) is 8.57. The number of aromatic nitrogens is 2. The molecule has 2 aromatic carbocycles. The number of carbonyl (C=O) groups excluding carboxylic acids is 2. The Morgan fingerprint density at radius 2 is 1.88 bits per heavy atom. The van der Waals surface area contributed by atoms with Crippen LogP contribution < -0.4 is 35.6 Å². The molecule has 3 N–H and O–H groups in total. The quantitative estimate of drug-likeness (QED) is 0.182. The Morgan fingerprint density at radius 1 is 1.08 bits per heavy atom. The van der Waals surface area contributed by atoms with Crippen LogP contribution in [0, 0.1) is 5.92 Å². The number of hydrogen-bond donors (Lipinski definition) is 3. The Hall–Kier alpha value is -5.33. The van der Waals surface area contributed by atoms with E-state index in [4.69, 9.17) is 23.2 Å². The number of hydrogen-bond acceptors (Lipinski definition) is 11. The van der Waals surface area contributed by atoms with Crippen molar-refractivity contribution in [3.05, 3.63) is 69.9 Å². The van der Waals surface area contributed by atoms with Gasteiger partial charge in [0.05, 0.1) is 39.3 Å². The second-order valence-electron chi connectivity index (χ2n) is 11.6. The molecule has 0 saturated carbocycles. The maximum Gasteiger partial charge on any atom is 0.242 e. The van der Waals surface area contributed by atoms with Gasteiger partial charge in [-0.1, -0.05) is 31.5 Å². The summed E-state index contributed by atoms with van der Waals surface area (Å²) >= 11 is 0. The fraction of sp³-hybridized carbons (Fsp3) is 0.400. The topological polar surface area (TPSA) is 167 Å². The predicted molar refractivity (Wildman–Crippen MR) is 178 cm³/mol. The van der Waals surface area contributed by atoms with Crippen molar-refractivity contribution in [2.24, 2.45) is 5.92 Å². The number of nitrogens with one attached hydrogen (secondary N) is 3. The van der Waals surface area contributed by atoms with Gasteiger partial charge in [-0.15, -0.1) is 0 Å². The number of fused-ring (bicyclic) bond motifs is 3. The molecule has 13 heteroatoms. The van der Waals surface area contributed by atoms with Crippen molar-refractivity contribution in [2.45, 2.75) is 58.5 Å². The highest BCUT2D eigenvalue weighted by atomic mass is 16.5. The van der Waals surface area contributed by atoms with E-state index in [1.54, 1.807) is 32.4 Å². The summed E-state index contributed by atoms with van der Waals surface area (Å²) in [7, 11) is 4.64. The smallest absolute Gasteiger partial charge is 0.242 e. The monoisotopic (exact) mass is 659 g/mol. The number of aryl methyl sites for hydroxylation is 1. The van der Waals surface area contributed by atoms with Gasteiger partial charge in [-0.3, -0.25) is 14.4 Å². The SMILES string of the molecule is CC[C@@H](C)[C@H](Nc1ccc2c(cc1=O)[C@@H](NC(C)=O)CCc1cc(OC)c(OC)c(OC)c1-2)C(=O)NCCc1nc(-c2ccco2)no1. The van der Waals surface area contributed by atoms with Crippen molar-refractivity contribution in [1.29, 1.82) is 0 Å². The molecule has 0 aliphatic heterocycles. The minimum absolute atomic E-state index is 0.119. The summed E-state index contributed by atoms with van der Waals surface area (Å²) < 4.78 is 27.8. The van der Waals surface area contributed by atoms with Gasteiger partial charge in [-0.25, -0.2) is 0 Å². The van der Waals surface area contributed by atoms with E-state index in [0.717, 1.165) is 11.1 Å². The van der Waals surface area contributed by atoms with Crippen LogP contribution in [0.2, 0.25) is 0 Å². The minimum Gasteiger partial charge on any atom is -0.493 e. The molecule has 2 aromatic heterocycles. The average molecular weight is 660 g/mol. The van der Waals surface area contributed by atoms with Gasteiger partial charge in [-0.05, 0) is 65.8 Å². The second-order valence-corrected chi connectivity index (χ2v) is 11.6. The van der Waals surface area contributed by atoms with Crippen molar-refractivity contribution < 1.29 is 32.7 Å². The lowest BCUT2D eigenvalue weighted by Gasteiger charge is -2.24. The average Bonchev–Trinajstić information content (AvgIpc) is 3.73. The number of rotatable bonds is 13. The van der Waals surface area contributed by atoms with Crippen molar-refractivity contribution >= 4 is 17.5 Å². The number of nitrogens with zero attached hydrogens (tertiary/aromatic N) is 2. The molecule has 0 unspecified atom stereocenters. The van der Waals surface area contributed by atoms with E-state index < -0.39 is 12.1 Å². The molecule has 2 amide bonds. The molecule has 1 aliphatic rings. The molecule has 13 nitrogen and oxygen atoms in total. The molecule has 4 aromatic rings. The Balaban J connectivity index is 1.46. The normalized spacial score (nSPS) is 14.8. The Morgan fingerprint density at radius 3 is 2.54 bits per heavy atom. The van der Waals surface area contributed by atoms with E-state index in [1.165, 1.54) is 26.4 Å². The first kappa shape index (κ1) is 34.0. The van der Waals surface area contributed by atoms with Crippen molar-refractivity contribution in [3.63, 3.8) is 0 Å². The summed E-state index contributed by atoms with van der Waals surface area (Å²) in [6, 6.07) is 9.22. The lowest BCUT2D eigenvalue weighted by Crippen LogP contribution is -2.45. The molecular weight excluding hydrogens is 618 g/mol. The summed E-state index contributed by atoms with van der Waals surface area (Å²) in [6.45, 7) is 5.62. The van der Waals surface area contributed by atoms with E-state index in [9.17, 15) is 14.4 Å². The van der Waals surface area contributed by atoms with Crippen LogP contribution in [0.4, 0.5) is 5.69 Å². The van der Waals surface area contributed by atoms with Gasteiger partial charge in [0, 0.05) is 25.5 Å². The number of ether oxygens (including phenoxy) is 3. The highest BCUT2D eigenvalue weighted by molar-refractivity contribution is 5.86. The van der Waals surface area contributed by atoms with Gasteiger partial charge in [0.25, 0.3) is 0 Å². The fourth-order valence-corrected chi connectivity index (χ4v) is 5.96. The number of amides is 2. The van der Waals surface area contributed by atoms with E-state index in [2.05, 4.69) is 26.1 Å². The summed E-state index contributed by atoms with van der Waals surface area (Å²) in [4.78, 5) is 44.0. The van der Waals surface area contributed by atoms with Gasteiger partial charge in [0.2, 0.25) is 34.7 Å². The Kier molecular flexibility index (Phi) is 10.7. The maximum absolute atomic E-state index is 13.9. The van der Waals surface area contributed by atoms with Crippen LogP contribution in [0.25, 0.3) is 22.7 Å². The number of carbonyl (C=O) groups is 2. The molecule has 48 heavy (non-hydrogen) atoms. The van der Waals surface area contributed by atoms with Crippen molar-refractivity contribution in [3.8, 4) is 40.0 Å². The largest absolute Gasteiger partial charge is 0.493 e. The first-order valence-corrected chi connectivity index (χ1v) is 15.9. The zero-order chi connectivity index (χ0) is 34.4. The molecule has 5 rings (SSSR count). The molecule has 0 fully saturated rings. The molecule has 3 atom stereocenters. The second kappa shape index (κ2) is 15.1.